The fourth-order valence-electron chi connectivity index (χ4n) is 2.38. The Kier molecular flexibility index (Phi) is 4.90. The molecule has 6 nitrogen and oxygen atoms in total. The van der Waals surface area contributed by atoms with E-state index in [-0.39, 0.29) is 5.57 Å². The molecule has 0 aliphatic heterocycles. The van der Waals surface area contributed by atoms with Gasteiger partial charge in [0.15, 0.2) is 11.6 Å². The molecule has 0 aliphatic rings. The first-order chi connectivity index (χ1) is 12.6. The first kappa shape index (κ1) is 17.1. The van der Waals surface area contributed by atoms with Crippen molar-refractivity contribution in [2.45, 2.75) is 6.92 Å². The van der Waals surface area contributed by atoms with Gasteiger partial charge in [-0.2, -0.15) is 5.26 Å². The van der Waals surface area contributed by atoms with Gasteiger partial charge in [-0.1, -0.05) is 48.0 Å². The van der Waals surface area contributed by atoms with Gasteiger partial charge in [-0.25, -0.2) is 14.5 Å². The summed E-state index contributed by atoms with van der Waals surface area (Å²) in [5.74, 6) is 0.156. The third-order valence-electron chi connectivity index (χ3n) is 3.74. The summed E-state index contributed by atoms with van der Waals surface area (Å²) in [7, 11) is 1.23. The topological polar surface area (TPSA) is 80.8 Å². The quantitative estimate of drug-likeness (QED) is 0.412. The number of hydrogen-bond donors (Lipinski definition) is 0. The molecule has 6 heteroatoms. The van der Waals surface area contributed by atoms with Crippen LogP contribution in [0, 0.1) is 18.3 Å². The molecule has 0 unspecified atom stereocenters. The van der Waals surface area contributed by atoms with Gasteiger partial charge in [0.05, 0.1) is 12.8 Å². The number of hydrogen-bond acceptors (Lipinski definition) is 5. The maximum atomic E-state index is 11.7. The van der Waals surface area contributed by atoms with Crippen molar-refractivity contribution in [3.05, 3.63) is 71.6 Å². The molecule has 3 rings (SSSR count). The van der Waals surface area contributed by atoms with Crippen LogP contribution in [0.5, 0.6) is 0 Å². The van der Waals surface area contributed by atoms with E-state index >= 15 is 0 Å². The van der Waals surface area contributed by atoms with Crippen LogP contribution >= 0.6 is 0 Å². The number of aryl methyl sites for hydroxylation is 1. The Balaban J connectivity index is 2.15. The smallest absolute Gasteiger partial charge is 0.348 e. The predicted octanol–water partition coefficient (Wildman–Crippen LogP) is 3.32. The summed E-state index contributed by atoms with van der Waals surface area (Å²) in [6, 6.07) is 19.0. The van der Waals surface area contributed by atoms with Gasteiger partial charge in [-0.15, -0.1) is 5.10 Å². The first-order valence-corrected chi connectivity index (χ1v) is 7.92. The van der Waals surface area contributed by atoms with Gasteiger partial charge < -0.3 is 4.74 Å². The zero-order chi connectivity index (χ0) is 18.5. The van der Waals surface area contributed by atoms with Crippen LogP contribution < -0.4 is 0 Å². The molecule has 0 N–H and O–H groups in total. The van der Waals surface area contributed by atoms with Crippen LogP contribution in [0.2, 0.25) is 0 Å². The van der Waals surface area contributed by atoms with Crippen LogP contribution in [-0.4, -0.2) is 27.8 Å². The summed E-state index contributed by atoms with van der Waals surface area (Å²) in [6.45, 7) is 2.00. The number of nitrogens with zero attached hydrogens (tertiary/aromatic N) is 4. The monoisotopic (exact) mass is 344 g/mol. The fraction of sp³-hybridized carbons (Fsp3) is 0.100. The van der Waals surface area contributed by atoms with Gasteiger partial charge in [-0.05, 0) is 19.1 Å². The summed E-state index contributed by atoms with van der Waals surface area (Å²) in [6.07, 6.45) is 1.38. The van der Waals surface area contributed by atoms with Gasteiger partial charge in [-0.3, -0.25) is 0 Å². The van der Waals surface area contributed by atoms with Crippen molar-refractivity contribution in [1.82, 2.24) is 14.8 Å². The van der Waals surface area contributed by atoms with E-state index in [1.807, 2.05) is 67.6 Å². The van der Waals surface area contributed by atoms with Crippen LogP contribution in [0.3, 0.4) is 0 Å². The number of methoxy groups -OCH3 is 1. The van der Waals surface area contributed by atoms with E-state index in [1.54, 1.807) is 4.68 Å². The Labute approximate surface area is 151 Å². The number of rotatable bonds is 4. The second-order valence-electron chi connectivity index (χ2n) is 5.57. The number of ether oxygens (including phenoxy) is 1. The molecule has 26 heavy (non-hydrogen) atoms. The molecule has 3 aromatic rings. The molecule has 1 aromatic heterocycles. The van der Waals surface area contributed by atoms with E-state index in [0.29, 0.717) is 11.6 Å². The Morgan fingerprint density at radius 2 is 1.85 bits per heavy atom. The van der Waals surface area contributed by atoms with Gasteiger partial charge in [0.1, 0.15) is 11.6 Å². The Hall–Kier alpha value is -3.72. The zero-order valence-corrected chi connectivity index (χ0v) is 14.4. The van der Waals surface area contributed by atoms with E-state index < -0.39 is 5.97 Å². The molecule has 2 aromatic carbocycles. The number of para-hydroxylation sites is 1. The van der Waals surface area contributed by atoms with Gasteiger partial charge in [0.25, 0.3) is 0 Å². The number of esters is 1. The molecule has 0 radical (unpaired) electrons. The number of aromatic nitrogens is 3. The third-order valence-corrected chi connectivity index (χ3v) is 3.74. The van der Waals surface area contributed by atoms with Crippen molar-refractivity contribution in [1.29, 1.82) is 5.26 Å². The van der Waals surface area contributed by atoms with Crippen molar-refractivity contribution in [2.24, 2.45) is 0 Å². The van der Waals surface area contributed by atoms with Crippen molar-refractivity contribution in [2.75, 3.05) is 7.11 Å². The molecule has 0 amide bonds. The number of carbonyl (C=O) groups excluding carboxylic acids is 1. The standard InChI is InChI=1S/C20H16N4O2/c1-14-8-10-15(11-9-14)19-22-18(12-16(13-21)20(25)26-2)24(23-19)17-6-4-3-5-7-17/h3-12H,1-2H3/b16-12+. The van der Waals surface area contributed by atoms with Crippen LogP contribution in [0.4, 0.5) is 0 Å². The van der Waals surface area contributed by atoms with Crippen molar-refractivity contribution >= 4 is 12.0 Å². The highest BCUT2D eigenvalue weighted by molar-refractivity contribution is 5.97. The lowest BCUT2D eigenvalue weighted by atomic mass is 10.1. The van der Waals surface area contributed by atoms with E-state index in [0.717, 1.165) is 16.8 Å². The average molecular weight is 344 g/mol. The largest absolute Gasteiger partial charge is 0.465 e. The highest BCUT2D eigenvalue weighted by Gasteiger charge is 2.15. The lowest BCUT2D eigenvalue weighted by molar-refractivity contribution is -0.135. The lowest BCUT2D eigenvalue weighted by Crippen LogP contribution is -2.05. The molecule has 1 heterocycles. The molecular formula is C20H16N4O2. The summed E-state index contributed by atoms with van der Waals surface area (Å²) in [5, 5.41) is 13.8. The highest BCUT2D eigenvalue weighted by Crippen LogP contribution is 2.20. The maximum Gasteiger partial charge on any atom is 0.348 e. The summed E-state index contributed by atoms with van der Waals surface area (Å²) in [4.78, 5) is 16.2. The first-order valence-electron chi connectivity index (χ1n) is 7.92. The molecule has 0 saturated heterocycles. The van der Waals surface area contributed by atoms with Crippen LogP contribution in [0.25, 0.3) is 23.2 Å². The van der Waals surface area contributed by atoms with Gasteiger partial charge >= 0.3 is 5.97 Å². The maximum absolute atomic E-state index is 11.7. The van der Waals surface area contributed by atoms with Gasteiger partial charge in [0.2, 0.25) is 0 Å². The van der Waals surface area contributed by atoms with Crippen molar-refractivity contribution in [3.8, 4) is 23.1 Å². The Morgan fingerprint density at radius 3 is 2.46 bits per heavy atom. The van der Waals surface area contributed by atoms with E-state index in [1.165, 1.54) is 13.2 Å². The van der Waals surface area contributed by atoms with E-state index in [2.05, 4.69) is 14.8 Å². The number of nitriles is 1. The van der Waals surface area contributed by atoms with E-state index in [4.69, 9.17) is 0 Å². The van der Waals surface area contributed by atoms with Crippen LogP contribution in [-0.2, 0) is 9.53 Å². The normalized spacial score (nSPS) is 11.0. The molecular weight excluding hydrogens is 328 g/mol. The molecule has 0 fully saturated rings. The van der Waals surface area contributed by atoms with Crippen LogP contribution in [0.15, 0.2) is 60.2 Å². The number of benzene rings is 2. The zero-order valence-electron chi connectivity index (χ0n) is 14.4. The second kappa shape index (κ2) is 7.45. The minimum atomic E-state index is -0.716. The second-order valence-corrected chi connectivity index (χ2v) is 5.57. The average Bonchev–Trinajstić information content (AvgIpc) is 3.10. The Bertz CT molecular complexity index is 997. The molecule has 0 bridgehead atoms. The fourth-order valence-corrected chi connectivity index (χ4v) is 2.38. The summed E-state index contributed by atoms with van der Waals surface area (Å²) in [5.41, 5.74) is 2.60. The summed E-state index contributed by atoms with van der Waals surface area (Å²) < 4.78 is 6.23. The molecule has 128 valence electrons. The number of carbonyl (C=O) groups is 1. The van der Waals surface area contributed by atoms with Crippen LogP contribution in [0.1, 0.15) is 11.4 Å². The molecule has 0 atom stereocenters. The molecule has 0 aliphatic carbocycles. The minimum Gasteiger partial charge on any atom is -0.465 e. The highest BCUT2D eigenvalue weighted by atomic mass is 16.5. The molecule has 0 spiro atoms. The SMILES string of the molecule is COC(=O)/C(C#N)=C/c1nc(-c2ccc(C)cc2)nn1-c1ccccc1. The van der Waals surface area contributed by atoms with Gasteiger partial charge in [0, 0.05) is 11.6 Å². The van der Waals surface area contributed by atoms with Crippen molar-refractivity contribution in [3.63, 3.8) is 0 Å². The van der Waals surface area contributed by atoms with E-state index in [9.17, 15) is 10.1 Å². The lowest BCUT2D eigenvalue weighted by Gasteiger charge is -2.03. The Morgan fingerprint density at radius 1 is 1.15 bits per heavy atom. The summed E-state index contributed by atoms with van der Waals surface area (Å²) >= 11 is 0. The minimum absolute atomic E-state index is 0.146. The molecule has 0 saturated carbocycles. The van der Waals surface area contributed by atoms with Crippen molar-refractivity contribution < 1.29 is 9.53 Å². The predicted molar refractivity (Wildman–Crippen MR) is 97.1 cm³/mol. The third kappa shape index (κ3) is 3.52.